The molecule has 1 saturated heterocycles. The van der Waals surface area contributed by atoms with Gasteiger partial charge >= 0.3 is 0 Å². The quantitative estimate of drug-likeness (QED) is 0.314. The van der Waals surface area contributed by atoms with Crippen molar-refractivity contribution in [3.05, 3.63) is 75.5 Å². The van der Waals surface area contributed by atoms with Crippen LogP contribution in [-0.2, 0) is 11.3 Å². The zero-order valence-electron chi connectivity index (χ0n) is 22.3. The summed E-state index contributed by atoms with van der Waals surface area (Å²) in [4.78, 5) is 15.3. The van der Waals surface area contributed by atoms with E-state index in [1.807, 2.05) is 35.1 Å². The van der Waals surface area contributed by atoms with Gasteiger partial charge in [-0.15, -0.1) is 0 Å². The number of hydrogen-bond donors (Lipinski definition) is 1. The number of nitrogens with zero attached hydrogens (tertiary/aromatic N) is 4. The molecule has 1 aliphatic heterocycles. The first-order valence-corrected chi connectivity index (χ1v) is 15.0. The lowest BCUT2D eigenvalue weighted by atomic mass is 9.92. The van der Waals surface area contributed by atoms with Crippen molar-refractivity contribution >= 4 is 39.1 Å². The predicted octanol–water partition coefficient (Wildman–Crippen LogP) is 5.98. The zero-order valence-corrected chi connectivity index (χ0v) is 24.6. The molecule has 2 fully saturated rings. The standard InChI is InChI=1S/C30H33BrClN5O3/c31-23-19-34-37(20-23)15-16-39-26-11-13-36(14-12-26)25-6-1-21(2-7-25)30(38)35-24-4-9-27(10-5-24)40-28-8-3-22(18-33)29(32)17-28/h1-3,6-8,17,19-20,24,26-27H,4-5,9-16H2,(H,35,38). The minimum Gasteiger partial charge on any atom is -0.490 e. The summed E-state index contributed by atoms with van der Waals surface area (Å²) >= 11 is 9.53. The lowest BCUT2D eigenvalue weighted by Gasteiger charge is -2.33. The molecule has 5 rings (SSSR count). The first kappa shape index (κ1) is 28.5. The predicted molar refractivity (Wildman–Crippen MR) is 158 cm³/mol. The number of nitriles is 1. The van der Waals surface area contributed by atoms with Crippen LogP contribution in [0.1, 0.15) is 54.4 Å². The topological polar surface area (TPSA) is 92.4 Å². The van der Waals surface area contributed by atoms with Crippen molar-refractivity contribution < 1.29 is 14.3 Å². The number of piperidine rings is 1. The highest BCUT2D eigenvalue weighted by Gasteiger charge is 2.25. The molecule has 2 aliphatic rings. The molecule has 0 unspecified atom stereocenters. The summed E-state index contributed by atoms with van der Waals surface area (Å²) in [5.41, 5.74) is 2.25. The Morgan fingerprint density at radius 2 is 1.82 bits per heavy atom. The third kappa shape index (κ3) is 7.57. The lowest BCUT2D eigenvalue weighted by molar-refractivity contribution is 0.0311. The number of carbonyl (C=O) groups is 1. The van der Waals surface area contributed by atoms with Crippen LogP contribution in [0.5, 0.6) is 5.75 Å². The Balaban J connectivity index is 1.02. The Hall–Kier alpha value is -3.06. The molecule has 1 amide bonds. The normalized spacial score (nSPS) is 19.7. The van der Waals surface area contributed by atoms with Crippen molar-refractivity contribution in [2.75, 3.05) is 24.6 Å². The molecule has 1 N–H and O–H groups in total. The molecule has 0 bridgehead atoms. The van der Waals surface area contributed by atoms with Crippen LogP contribution in [0, 0.1) is 11.3 Å². The smallest absolute Gasteiger partial charge is 0.251 e. The molecule has 40 heavy (non-hydrogen) atoms. The number of benzene rings is 2. The Morgan fingerprint density at radius 3 is 2.48 bits per heavy atom. The second-order valence-electron chi connectivity index (χ2n) is 10.3. The fraction of sp³-hybridized carbons (Fsp3) is 0.433. The Bertz CT molecular complexity index is 1330. The molecule has 3 aromatic rings. The maximum atomic E-state index is 12.9. The average Bonchev–Trinajstić information content (AvgIpc) is 3.39. The van der Waals surface area contributed by atoms with E-state index in [0.717, 1.165) is 68.3 Å². The molecule has 2 heterocycles. The molecule has 2 aromatic carbocycles. The van der Waals surface area contributed by atoms with Gasteiger partial charge in [0.05, 0.1) is 46.6 Å². The van der Waals surface area contributed by atoms with E-state index in [4.69, 9.17) is 26.3 Å². The van der Waals surface area contributed by atoms with Crippen molar-refractivity contribution in [1.82, 2.24) is 15.1 Å². The largest absolute Gasteiger partial charge is 0.490 e. The van der Waals surface area contributed by atoms with Gasteiger partial charge in [-0.1, -0.05) is 11.6 Å². The van der Waals surface area contributed by atoms with Gasteiger partial charge in [-0.25, -0.2) is 0 Å². The van der Waals surface area contributed by atoms with Gasteiger partial charge in [0, 0.05) is 42.6 Å². The first-order valence-electron chi connectivity index (χ1n) is 13.8. The molecule has 210 valence electrons. The highest BCUT2D eigenvalue weighted by Crippen LogP contribution is 2.28. The molecular formula is C30H33BrClN5O3. The average molecular weight is 627 g/mol. The van der Waals surface area contributed by atoms with Crippen LogP contribution in [0.25, 0.3) is 0 Å². The van der Waals surface area contributed by atoms with Crippen LogP contribution in [0.15, 0.2) is 59.3 Å². The Kier molecular flexibility index (Phi) is 9.63. The van der Waals surface area contributed by atoms with Crippen LogP contribution in [0.3, 0.4) is 0 Å². The minimum atomic E-state index is -0.0360. The summed E-state index contributed by atoms with van der Waals surface area (Å²) < 4.78 is 15.0. The van der Waals surface area contributed by atoms with E-state index in [-0.39, 0.29) is 24.2 Å². The van der Waals surface area contributed by atoms with E-state index in [1.165, 1.54) is 0 Å². The number of halogens is 2. The van der Waals surface area contributed by atoms with E-state index >= 15 is 0 Å². The van der Waals surface area contributed by atoms with E-state index < -0.39 is 0 Å². The fourth-order valence-electron chi connectivity index (χ4n) is 5.32. The number of aromatic nitrogens is 2. The molecule has 0 radical (unpaired) electrons. The second-order valence-corrected chi connectivity index (χ2v) is 11.7. The van der Waals surface area contributed by atoms with Crippen molar-refractivity contribution in [2.24, 2.45) is 0 Å². The SMILES string of the molecule is N#Cc1ccc(OC2CCC(NC(=O)c3ccc(N4CCC(OCCn5cc(Br)cn5)CC4)cc3)CC2)cc1Cl. The number of ether oxygens (including phenoxy) is 2. The lowest BCUT2D eigenvalue weighted by Crippen LogP contribution is -2.39. The van der Waals surface area contributed by atoms with Crippen LogP contribution in [0.4, 0.5) is 5.69 Å². The van der Waals surface area contributed by atoms with Crippen molar-refractivity contribution in [1.29, 1.82) is 5.26 Å². The highest BCUT2D eigenvalue weighted by atomic mass is 79.9. The monoisotopic (exact) mass is 625 g/mol. The molecule has 0 spiro atoms. The van der Waals surface area contributed by atoms with Gasteiger partial charge in [0.2, 0.25) is 0 Å². The Morgan fingerprint density at radius 1 is 1.07 bits per heavy atom. The van der Waals surface area contributed by atoms with E-state index in [0.29, 0.717) is 28.5 Å². The van der Waals surface area contributed by atoms with E-state index in [1.54, 1.807) is 24.4 Å². The maximum Gasteiger partial charge on any atom is 0.251 e. The number of carbonyl (C=O) groups excluding carboxylic acids is 1. The first-order chi connectivity index (χ1) is 19.5. The Labute approximate surface area is 248 Å². The molecule has 8 nitrogen and oxygen atoms in total. The molecule has 10 heteroatoms. The van der Waals surface area contributed by atoms with Crippen molar-refractivity contribution in [3.8, 4) is 11.8 Å². The number of amides is 1. The van der Waals surface area contributed by atoms with E-state index in [9.17, 15) is 4.79 Å². The number of rotatable bonds is 9. The number of anilines is 1. The maximum absolute atomic E-state index is 12.9. The number of nitrogens with one attached hydrogen (secondary N) is 1. The summed E-state index contributed by atoms with van der Waals surface area (Å²) in [5.74, 6) is 0.637. The van der Waals surface area contributed by atoms with Gasteiger partial charge in [0.15, 0.2) is 0 Å². The molecular weight excluding hydrogens is 594 g/mol. The van der Waals surface area contributed by atoms with Crippen LogP contribution in [0.2, 0.25) is 5.02 Å². The van der Waals surface area contributed by atoms with Crippen molar-refractivity contribution in [2.45, 2.75) is 63.3 Å². The van der Waals surface area contributed by atoms with Crippen LogP contribution < -0.4 is 15.0 Å². The summed E-state index contributed by atoms with van der Waals surface area (Å²) in [6.45, 7) is 3.27. The van der Waals surface area contributed by atoms with Gasteiger partial charge in [-0.2, -0.15) is 10.4 Å². The van der Waals surface area contributed by atoms with Crippen LogP contribution >= 0.6 is 27.5 Å². The third-order valence-electron chi connectivity index (χ3n) is 7.59. The van der Waals surface area contributed by atoms with Gasteiger partial charge in [-0.05, 0) is 90.9 Å². The van der Waals surface area contributed by atoms with Gasteiger partial charge < -0.3 is 19.7 Å². The van der Waals surface area contributed by atoms with Crippen molar-refractivity contribution in [3.63, 3.8) is 0 Å². The molecule has 1 saturated carbocycles. The summed E-state index contributed by atoms with van der Waals surface area (Å²) in [7, 11) is 0. The molecule has 1 aromatic heterocycles. The second kappa shape index (κ2) is 13.5. The summed E-state index contributed by atoms with van der Waals surface area (Å²) in [6.07, 6.45) is 9.45. The van der Waals surface area contributed by atoms with E-state index in [2.05, 4.69) is 37.3 Å². The van der Waals surface area contributed by atoms with Gasteiger partial charge in [0.1, 0.15) is 11.8 Å². The molecule has 0 atom stereocenters. The highest BCUT2D eigenvalue weighted by molar-refractivity contribution is 9.10. The third-order valence-corrected chi connectivity index (χ3v) is 8.31. The summed E-state index contributed by atoms with van der Waals surface area (Å²) in [5, 5.41) is 16.9. The van der Waals surface area contributed by atoms with Gasteiger partial charge in [-0.3, -0.25) is 9.48 Å². The minimum absolute atomic E-state index is 0.0360. The van der Waals surface area contributed by atoms with Crippen LogP contribution in [-0.4, -0.2) is 53.6 Å². The molecule has 1 aliphatic carbocycles. The zero-order chi connectivity index (χ0) is 27.9. The van der Waals surface area contributed by atoms with Gasteiger partial charge in [0.25, 0.3) is 5.91 Å². The number of hydrogen-bond acceptors (Lipinski definition) is 6. The summed E-state index contributed by atoms with van der Waals surface area (Å²) in [6, 6.07) is 15.2. The fourth-order valence-corrected chi connectivity index (χ4v) is 5.86.